The topological polar surface area (TPSA) is 85.8 Å². The Bertz CT molecular complexity index is 641. The van der Waals surface area contributed by atoms with Crippen LogP contribution in [0.5, 0.6) is 0 Å². The second-order valence-electron chi connectivity index (χ2n) is 4.06. The zero-order valence-corrected chi connectivity index (χ0v) is 12.2. The molecule has 0 atom stereocenters. The van der Waals surface area contributed by atoms with E-state index in [9.17, 15) is 4.79 Å². The lowest BCUT2D eigenvalue weighted by Gasteiger charge is -2.10. The first-order valence-corrected chi connectivity index (χ1v) is 6.74. The Morgan fingerprint density at radius 2 is 2.20 bits per heavy atom. The number of carbonyl (C=O) groups is 1. The third kappa shape index (κ3) is 3.02. The van der Waals surface area contributed by atoms with Crippen LogP contribution in [0, 0.1) is 0 Å². The molecule has 6 nitrogen and oxygen atoms in total. The molecule has 0 aromatic carbocycles. The first kappa shape index (κ1) is 14.6. The maximum atomic E-state index is 11.1. The molecule has 8 heteroatoms. The number of hydrogen-bond acceptors (Lipinski definition) is 4. The lowest BCUT2D eigenvalue weighted by Crippen LogP contribution is -2.13. The van der Waals surface area contributed by atoms with Crippen LogP contribution < -0.4 is 11.1 Å². The van der Waals surface area contributed by atoms with Crippen molar-refractivity contribution in [1.29, 1.82) is 0 Å². The van der Waals surface area contributed by atoms with Crippen LogP contribution in [0.2, 0.25) is 10.0 Å². The number of rotatable bonds is 5. The smallest absolute Gasteiger partial charge is 0.269 e. The Labute approximate surface area is 125 Å². The van der Waals surface area contributed by atoms with Gasteiger partial charge in [-0.05, 0) is 18.6 Å². The Hall–Kier alpha value is -1.79. The first-order chi connectivity index (χ1) is 9.52. The molecule has 2 aromatic heterocycles. The zero-order valence-electron chi connectivity index (χ0n) is 10.7. The molecule has 3 N–H and O–H groups in total. The molecule has 0 spiro atoms. The highest BCUT2D eigenvalue weighted by Crippen LogP contribution is 2.28. The van der Waals surface area contributed by atoms with Crippen LogP contribution in [0.3, 0.4) is 0 Å². The average Bonchev–Trinajstić information content (AvgIpc) is 2.87. The first-order valence-electron chi connectivity index (χ1n) is 5.98. The Balaban J connectivity index is 2.41. The largest absolute Gasteiger partial charge is 0.369 e. The number of aromatic nitrogens is 3. The molecule has 2 heterocycles. The summed E-state index contributed by atoms with van der Waals surface area (Å²) in [5, 5.41) is 7.87. The summed E-state index contributed by atoms with van der Waals surface area (Å²) < 4.78 is 1.38. The van der Waals surface area contributed by atoms with Crippen LogP contribution in [-0.2, 0) is 0 Å². The number of pyridine rings is 1. The Kier molecular flexibility index (Phi) is 4.46. The van der Waals surface area contributed by atoms with Gasteiger partial charge in [0.25, 0.3) is 5.91 Å². The van der Waals surface area contributed by atoms with Gasteiger partial charge < -0.3 is 11.1 Å². The van der Waals surface area contributed by atoms with E-state index in [2.05, 4.69) is 15.4 Å². The second-order valence-corrected chi connectivity index (χ2v) is 4.88. The maximum absolute atomic E-state index is 11.1. The molecule has 1 amide bonds. The third-order valence-electron chi connectivity index (χ3n) is 2.51. The maximum Gasteiger partial charge on any atom is 0.269 e. The van der Waals surface area contributed by atoms with Gasteiger partial charge in [-0.25, -0.2) is 9.67 Å². The number of primary amides is 1. The van der Waals surface area contributed by atoms with Crippen molar-refractivity contribution in [2.75, 3.05) is 11.9 Å². The quantitative estimate of drug-likeness (QED) is 0.888. The highest BCUT2D eigenvalue weighted by atomic mass is 35.5. The molecule has 0 unspecified atom stereocenters. The van der Waals surface area contributed by atoms with Crippen molar-refractivity contribution in [3.05, 3.63) is 34.1 Å². The highest BCUT2D eigenvalue weighted by Gasteiger charge is 2.13. The predicted molar refractivity (Wildman–Crippen MR) is 78.7 cm³/mol. The average molecular weight is 314 g/mol. The lowest BCUT2D eigenvalue weighted by atomic mass is 10.4. The fourth-order valence-corrected chi connectivity index (χ4v) is 2.07. The van der Waals surface area contributed by atoms with E-state index in [0.29, 0.717) is 21.7 Å². The molecule has 0 fully saturated rings. The number of carbonyl (C=O) groups excluding carboxylic acids is 1. The monoisotopic (exact) mass is 313 g/mol. The van der Waals surface area contributed by atoms with E-state index in [4.69, 9.17) is 28.9 Å². The van der Waals surface area contributed by atoms with Crippen LogP contribution >= 0.6 is 23.2 Å². The number of hydrogen-bond donors (Lipinski definition) is 2. The molecule has 0 saturated carbocycles. The van der Waals surface area contributed by atoms with Gasteiger partial charge in [0.05, 0.1) is 10.0 Å². The Morgan fingerprint density at radius 3 is 2.80 bits per heavy atom. The molecule has 0 saturated heterocycles. The van der Waals surface area contributed by atoms with Crippen LogP contribution in [-0.4, -0.2) is 27.2 Å². The van der Waals surface area contributed by atoms with Gasteiger partial charge >= 0.3 is 0 Å². The van der Waals surface area contributed by atoms with E-state index in [1.165, 1.54) is 10.7 Å². The molecule has 2 rings (SSSR count). The van der Waals surface area contributed by atoms with Gasteiger partial charge in [0, 0.05) is 12.7 Å². The minimum Gasteiger partial charge on any atom is -0.369 e. The highest BCUT2D eigenvalue weighted by molar-refractivity contribution is 6.36. The lowest BCUT2D eigenvalue weighted by molar-refractivity contribution is 0.0995. The van der Waals surface area contributed by atoms with E-state index >= 15 is 0 Å². The number of nitrogens with two attached hydrogens (primary N) is 1. The van der Waals surface area contributed by atoms with E-state index < -0.39 is 5.91 Å². The Morgan fingerprint density at radius 1 is 1.45 bits per heavy atom. The summed E-state index contributed by atoms with van der Waals surface area (Å²) in [5.41, 5.74) is 5.30. The molecule has 0 aliphatic carbocycles. The van der Waals surface area contributed by atoms with Crippen molar-refractivity contribution in [3.63, 3.8) is 0 Å². The molecule has 0 aliphatic heterocycles. The minimum absolute atomic E-state index is 0.140. The van der Waals surface area contributed by atoms with Gasteiger partial charge in [0.1, 0.15) is 11.5 Å². The zero-order chi connectivity index (χ0) is 14.7. The summed E-state index contributed by atoms with van der Waals surface area (Å²) in [6, 6.07) is 3.07. The van der Waals surface area contributed by atoms with Crippen molar-refractivity contribution >= 4 is 34.9 Å². The van der Waals surface area contributed by atoms with Crippen molar-refractivity contribution in [1.82, 2.24) is 14.8 Å². The minimum atomic E-state index is -0.613. The van der Waals surface area contributed by atoms with Crippen molar-refractivity contribution in [2.45, 2.75) is 13.3 Å². The molecular weight excluding hydrogens is 301 g/mol. The second kappa shape index (κ2) is 6.11. The summed E-state index contributed by atoms with van der Waals surface area (Å²) in [6.07, 6.45) is 2.50. The number of amides is 1. The molecular formula is C12H13Cl2N5O. The number of anilines is 1. The van der Waals surface area contributed by atoms with Crippen LogP contribution in [0.25, 0.3) is 5.82 Å². The molecule has 20 heavy (non-hydrogen) atoms. The number of halogens is 2. The van der Waals surface area contributed by atoms with E-state index in [1.807, 2.05) is 6.92 Å². The van der Waals surface area contributed by atoms with Crippen LogP contribution in [0.15, 0.2) is 18.3 Å². The van der Waals surface area contributed by atoms with Crippen molar-refractivity contribution < 1.29 is 4.79 Å². The van der Waals surface area contributed by atoms with Crippen molar-refractivity contribution in [3.8, 4) is 5.82 Å². The fourth-order valence-electron chi connectivity index (χ4n) is 1.56. The SMILES string of the molecule is CCCNc1nc(-n2ccc(C(N)=O)n2)c(Cl)cc1Cl. The third-order valence-corrected chi connectivity index (χ3v) is 3.08. The van der Waals surface area contributed by atoms with E-state index in [0.717, 1.165) is 13.0 Å². The normalized spacial score (nSPS) is 10.6. The molecule has 2 aromatic rings. The standard InChI is InChI=1S/C12H13Cl2N5O/c1-2-4-16-11-7(13)6-8(14)12(17-11)19-5-3-9(18-19)10(15)20/h3,5-6H,2,4H2,1H3,(H2,15,20)(H,16,17). The molecule has 0 bridgehead atoms. The fraction of sp³-hybridized carbons (Fsp3) is 0.250. The van der Waals surface area contributed by atoms with E-state index in [-0.39, 0.29) is 5.69 Å². The summed E-state index contributed by atoms with van der Waals surface area (Å²) in [4.78, 5) is 15.4. The summed E-state index contributed by atoms with van der Waals surface area (Å²) in [5.74, 6) is 0.282. The van der Waals surface area contributed by atoms with Gasteiger partial charge in [-0.3, -0.25) is 4.79 Å². The number of nitrogens with zero attached hydrogens (tertiary/aromatic N) is 3. The van der Waals surface area contributed by atoms with Gasteiger partial charge in [0.15, 0.2) is 5.82 Å². The number of nitrogens with one attached hydrogen (secondary N) is 1. The molecule has 0 radical (unpaired) electrons. The van der Waals surface area contributed by atoms with Gasteiger partial charge in [-0.15, -0.1) is 0 Å². The van der Waals surface area contributed by atoms with Crippen LogP contribution in [0.1, 0.15) is 23.8 Å². The summed E-state index contributed by atoms with van der Waals surface area (Å²) in [6.45, 7) is 2.77. The van der Waals surface area contributed by atoms with E-state index in [1.54, 1.807) is 12.3 Å². The predicted octanol–water partition coefficient (Wildman–Crippen LogP) is 2.49. The van der Waals surface area contributed by atoms with Gasteiger partial charge in [-0.1, -0.05) is 30.1 Å². The molecule has 106 valence electrons. The summed E-state index contributed by atoms with van der Waals surface area (Å²) >= 11 is 12.2. The van der Waals surface area contributed by atoms with Crippen molar-refractivity contribution in [2.24, 2.45) is 5.73 Å². The summed E-state index contributed by atoms with van der Waals surface area (Å²) in [7, 11) is 0. The van der Waals surface area contributed by atoms with Gasteiger partial charge in [0.2, 0.25) is 0 Å². The van der Waals surface area contributed by atoms with Gasteiger partial charge in [-0.2, -0.15) is 5.10 Å². The van der Waals surface area contributed by atoms with Crippen LogP contribution in [0.4, 0.5) is 5.82 Å². The molecule has 0 aliphatic rings.